The highest BCUT2D eigenvalue weighted by molar-refractivity contribution is 6.02. The molecule has 0 bridgehead atoms. The monoisotopic (exact) mass is 372 g/mol. The second kappa shape index (κ2) is 8.52. The normalized spacial score (nSPS) is 18.3. The molecule has 0 spiro atoms. The summed E-state index contributed by atoms with van der Waals surface area (Å²) in [5, 5.41) is 2.90. The summed E-state index contributed by atoms with van der Waals surface area (Å²) in [6, 6.07) is 6.07. The van der Waals surface area contributed by atoms with Crippen LogP contribution >= 0.6 is 0 Å². The Balaban J connectivity index is 1.54. The molecule has 2 heterocycles. The number of piperazine rings is 1. The van der Waals surface area contributed by atoms with Crippen LogP contribution in [-0.4, -0.2) is 66.8 Å². The number of hydrogen-bond donors (Lipinski definition) is 1. The van der Waals surface area contributed by atoms with Crippen LogP contribution in [0.3, 0.4) is 0 Å². The summed E-state index contributed by atoms with van der Waals surface area (Å²) >= 11 is 0. The number of benzene rings is 1. The maximum Gasteiger partial charge on any atom is 0.229 e. The Labute approximate surface area is 160 Å². The Morgan fingerprint density at radius 3 is 2.33 bits per heavy atom. The average Bonchev–Trinajstić information content (AvgIpc) is 2.99. The fourth-order valence-electron chi connectivity index (χ4n) is 3.61. The van der Waals surface area contributed by atoms with Gasteiger partial charge in [0, 0.05) is 63.4 Å². The number of nitrogens with zero attached hydrogens (tertiary/aromatic N) is 3. The van der Waals surface area contributed by atoms with Crippen molar-refractivity contribution >= 4 is 29.1 Å². The average molecular weight is 372 g/mol. The van der Waals surface area contributed by atoms with Crippen molar-refractivity contribution in [2.24, 2.45) is 0 Å². The maximum atomic E-state index is 12.2. The molecular weight excluding hydrogens is 344 g/mol. The molecular formula is C20H28N4O3. The van der Waals surface area contributed by atoms with E-state index in [2.05, 4.69) is 28.1 Å². The number of carbonyl (C=O) groups is 3. The van der Waals surface area contributed by atoms with Gasteiger partial charge in [0.15, 0.2) is 0 Å². The molecule has 0 aromatic heterocycles. The molecule has 0 unspecified atom stereocenters. The lowest BCUT2D eigenvalue weighted by Crippen LogP contribution is -2.46. The van der Waals surface area contributed by atoms with E-state index in [1.165, 1.54) is 10.6 Å². The first kappa shape index (κ1) is 19.4. The molecule has 3 amide bonds. The summed E-state index contributed by atoms with van der Waals surface area (Å²) in [5.41, 5.74) is 2.96. The van der Waals surface area contributed by atoms with Gasteiger partial charge in [-0.1, -0.05) is 6.92 Å². The van der Waals surface area contributed by atoms with E-state index in [4.69, 9.17) is 0 Å². The molecule has 2 aliphatic heterocycles. The highest BCUT2D eigenvalue weighted by Gasteiger charge is 2.28. The van der Waals surface area contributed by atoms with Crippen LogP contribution in [0.5, 0.6) is 0 Å². The van der Waals surface area contributed by atoms with Crippen LogP contribution in [-0.2, 0) is 14.4 Å². The van der Waals surface area contributed by atoms with Crippen LogP contribution in [0.4, 0.5) is 11.4 Å². The van der Waals surface area contributed by atoms with Crippen molar-refractivity contribution in [3.05, 3.63) is 23.8 Å². The zero-order chi connectivity index (χ0) is 19.4. The number of carbonyl (C=O) groups excluding carboxylic acids is 3. The minimum Gasteiger partial charge on any atom is -0.369 e. The summed E-state index contributed by atoms with van der Waals surface area (Å²) < 4.78 is 0. The fourth-order valence-corrected chi connectivity index (χ4v) is 3.61. The first-order valence-electron chi connectivity index (χ1n) is 9.69. The van der Waals surface area contributed by atoms with E-state index in [0.717, 1.165) is 44.0 Å². The molecule has 3 rings (SSSR count). The van der Waals surface area contributed by atoms with Crippen LogP contribution < -0.4 is 10.2 Å². The second-order valence-electron chi connectivity index (χ2n) is 7.16. The van der Waals surface area contributed by atoms with Crippen LogP contribution in [0.25, 0.3) is 0 Å². The summed E-state index contributed by atoms with van der Waals surface area (Å²) in [6.07, 6.45) is 0.638. The number of likely N-dealkylation sites (tertiary alicyclic amines) is 1. The predicted molar refractivity (Wildman–Crippen MR) is 105 cm³/mol. The number of amides is 3. The van der Waals surface area contributed by atoms with Crippen LogP contribution in [0.15, 0.2) is 18.2 Å². The van der Waals surface area contributed by atoms with E-state index >= 15 is 0 Å². The number of likely N-dealkylation sites (N-methyl/N-ethyl adjacent to an activating group) is 1. The standard InChI is InChI=1S/C20H28N4O3/c1-3-22-10-12-23(13-11-22)16-4-5-17(15(2)14-16)21-18(25)8-9-24-19(26)6-7-20(24)27/h4-5,14H,3,6-13H2,1-2H3,(H,21,25). The van der Waals surface area contributed by atoms with E-state index in [1.54, 1.807) is 0 Å². The van der Waals surface area contributed by atoms with Crippen molar-refractivity contribution < 1.29 is 14.4 Å². The van der Waals surface area contributed by atoms with Gasteiger partial charge in [0.05, 0.1) is 0 Å². The molecule has 0 atom stereocenters. The Morgan fingerprint density at radius 2 is 1.74 bits per heavy atom. The quantitative estimate of drug-likeness (QED) is 0.768. The van der Waals surface area contributed by atoms with Crippen molar-refractivity contribution in [1.29, 1.82) is 0 Å². The Hall–Kier alpha value is -2.41. The van der Waals surface area contributed by atoms with Gasteiger partial charge in [0.1, 0.15) is 0 Å². The molecule has 27 heavy (non-hydrogen) atoms. The molecule has 2 saturated heterocycles. The maximum absolute atomic E-state index is 12.2. The van der Waals surface area contributed by atoms with Gasteiger partial charge in [-0.15, -0.1) is 0 Å². The summed E-state index contributed by atoms with van der Waals surface area (Å²) in [4.78, 5) is 41.4. The molecule has 7 nitrogen and oxygen atoms in total. The minimum absolute atomic E-state index is 0.123. The van der Waals surface area contributed by atoms with Crippen molar-refractivity contribution in [2.45, 2.75) is 33.1 Å². The van der Waals surface area contributed by atoms with Gasteiger partial charge in [-0.3, -0.25) is 19.3 Å². The third-order valence-electron chi connectivity index (χ3n) is 5.39. The molecule has 2 aliphatic rings. The van der Waals surface area contributed by atoms with Crippen LogP contribution in [0.1, 0.15) is 31.7 Å². The van der Waals surface area contributed by atoms with Crippen molar-refractivity contribution in [1.82, 2.24) is 9.80 Å². The molecule has 1 N–H and O–H groups in total. The van der Waals surface area contributed by atoms with Crippen LogP contribution in [0, 0.1) is 6.92 Å². The van der Waals surface area contributed by atoms with Gasteiger partial charge < -0.3 is 15.1 Å². The van der Waals surface area contributed by atoms with Gasteiger partial charge in [-0.25, -0.2) is 0 Å². The smallest absolute Gasteiger partial charge is 0.229 e. The molecule has 0 saturated carbocycles. The predicted octanol–water partition coefficient (Wildman–Crippen LogP) is 1.61. The topological polar surface area (TPSA) is 73.0 Å². The Morgan fingerprint density at radius 1 is 1.07 bits per heavy atom. The Kier molecular flexibility index (Phi) is 6.11. The lowest BCUT2D eigenvalue weighted by molar-refractivity contribution is -0.138. The number of aryl methyl sites for hydroxylation is 1. The number of imide groups is 1. The van der Waals surface area contributed by atoms with Gasteiger partial charge in [0.2, 0.25) is 17.7 Å². The van der Waals surface area contributed by atoms with Gasteiger partial charge in [-0.2, -0.15) is 0 Å². The van der Waals surface area contributed by atoms with Crippen LogP contribution in [0.2, 0.25) is 0 Å². The van der Waals surface area contributed by atoms with E-state index in [0.29, 0.717) is 0 Å². The molecule has 2 fully saturated rings. The first-order chi connectivity index (χ1) is 13.0. The number of rotatable bonds is 6. The van der Waals surface area contributed by atoms with Gasteiger partial charge in [0.25, 0.3) is 0 Å². The number of hydrogen-bond acceptors (Lipinski definition) is 5. The molecule has 7 heteroatoms. The van der Waals surface area contributed by atoms with Gasteiger partial charge >= 0.3 is 0 Å². The fraction of sp³-hybridized carbons (Fsp3) is 0.550. The van der Waals surface area contributed by atoms with Crippen molar-refractivity contribution in [3.8, 4) is 0 Å². The molecule has 1 aromatic carbocycles. The van der Waals surface area contributed by atoms with E-state index in [-0.39, 0.29) is 43.5 Å². The van der Waals surface area contributed by atoms with E-state index in [9.17, 15) is 14.4 Å². The molecule has 0 aliphatic carbocycles. The van der Waals surface area contributed by atoms with E-state index < -0.39 is 0 Å². The molecule has 0 radical (unpaired) electrons. The zero-order valence-electron chi connectivity index (χ0n) is 16.2. The molecule has 1 aromatic rings. The van der Waals surface area contributed by atoms with Gasteiger partial charge in [-0.05, 0) is 37.2 Å². The van der Waals surface area contributed by atoms with Crippen molar-refractivity contribution in [3.63, 3.8) is 0 Å². The highest BCUT2D eigenvalue weighted by Crippen LogP contribution is 2.24. The molecule has 146 valence electrons. The third kappa shape index (κ3) is 4.66. The third-order valence-corrected chi connectivity index (χ3v) is 5.39. The minimum atomic E-state index is -0.185. The first-order valence-corrected chi connectivity index (χ1v) is 9.69. The summed E-state index contributed by atoms with van der Waals surface area (Å²) in [5.74, 6) is -0.553. The number of nitrogens with one attached hydrogen (secondary N) is 1. The zero-order valence-corrected chi connectivity index (χ0v) is 16.2. The summed E-state index contributed by atoms with van der Waals surface area (Å²) in [7, 11) is 0. The SMILES string of the molecule is CCN1CCN(c2ccc(NC(=O)CCN3C(=O)CCC3=O)c(C)c2)CC1. The van der Waals surface area contributed by atoms with Crippen molar-refractivity contribution in [2.75, 3.05) is 49.5 Å². The van der Waals surface area contributed by atoms with E-state index in [1.807, 2.05) is 19.1 Å². The lowest BCUT2D eigenvalue weighted by Gasteiger charge is -2.35. The lowest BCUT2D eigenvalue weighted by atomic mass is 10.1. The largest absolute Gasteiger partial charge is 0.369 e. The second-order valence-corrected chi connectivity index (χ2v) is 7.16. The summed E-state index contributed by atoms with van der Waals surface area (Å²) in [6.45, 7) is 9.58. The highest BCUT2D eigenvalue weighted by atomic mass is 16.2. The number of anilines is 2. The Bertz CT molecular complexity index is 710.